The average molecular weight is 395 g/mol. The number of benzene rings is 1. The molecule has 0 unspecified atom stereocenters. The van der Waals surface area contributed by atoms with E-state index in [9.17, 15) is 8.42 Å². The van der Waals surface area contributed by atoms with Crippen LogP contribution in [0, 0.1) is 0 Å². The highest BCUT2D eigenvalue weighted by molar-refractivity contribution is 7.98. The summed E-state index contributed by atoms with van der Waals surface area (Å²) >= 11 is 1.73. The number of thioether (sulfide) groups is 1. The Morgan fingerprint density at radius 1 is 1.15 bits per heavy atom. The van der Waals surface area contributed by atoms with E-state index in [1.165, 1.54) is 6.07 Å². The summed E-state index contributed by atoms with van der Waals surface area (Å²) < 4.78 is 33.0. The number of nitrogens with two attached hydrogens (primary N) is 2. The normalized spacial score (nSPS) is 15.3. The first-order chi connectivity index (χ1) is 12.3. The van der Waals surface area contributed by atoms with Crippen LogP contribution >= 0.6 is 11.8 Å². The van der Waals surface area contributed by atoms with E-state index in [0.717, 1.165) is 35.1 Å². The van der Waals surface area contributed by atoms with Crippen LogP contribution in [0.2, 0.25) is 0 Å². The molecule has 3 rings (SSSR count). The molecule has 1 aliphatic rings. The zero-order chi connectivity index (χ0) is 18.9. The molecule has 0 saturated heterocycles. The van der Waals surface area contributed by atoms with Gasteiger partial charge in [0.15, 0.2) is 0 Å². The lowest BCUT2D eigenvalue weighted by Crippen LogP contribution is -2.14. The van der Waals surface area contributed by atoms with Crippen LogP contribution in [0.25, 0.3) is 0 Å². The van der Waals surface area contributed by atoms with Crippen molar-refractivity contribution in [1.82, 2.24) is 4.90 Å². The van der Waals surface area contributed by atoms with Crippen molar-refractivity contribution in [2.24, 2.45) is 10.1 Å². The Labute approximate surface area is 157 Å². The summed E-state index contributed by atoms with van der Waals surface area (Å²) in [5, 5.41) is 0. The molecule has 0 aliphatic carbocycles. The molecule has 2 heterocycles. The van der Waals surface area contributed by atoms with Crippen molar-refractivity contribution in [3.05, 3.63) is 46.9 Å². The van der Waals surface area contributed by atoms with Crippen LogP contribution in [-0.4, -0.2) is 39.0 Å². The van der Waals surface area contributed by atoms with Crippen molar-refractivity contribution in [1.29, 1.82) is 0 Å². The summed E-state index contributed by atoms with van der Waals surface area (Å²) in [6.07, 6.45) is 0.711. The molecule has 4 N–H and O–H groups in total. The number of furan rings is 1. The number of nitrogens with zero attached hydrogens (tertiary/aromatic N) is 2. The van der Waals surface area contributed by atoms with Gasteiger partial charge in [0, 0.05) is 5.69 Å². The van der Waals surface area contributed by atoms with Gasteiger partial charge in [-0.25, -0.2) is 0 Å². The van der Waals surface area contributed by atoms with Crippen molar-refractivity contribution in [3.8, 4) is 0 Å². The lowest BCUT2D eigenvalue weighted by atomic mass is 10.0. The van der Waals surface area contributed by atoms with Crippen LogP contribution < -0.4 is 11.5 Å². The maximum Gasteiger partial charge on any atom is 0.285 e. The zero-order valence-corrected chi connectivity index (χ0v) is 16.4. The van der Waals surface area contributed by atoms with Crippen LogP contribution in [-0.2, 0) is 28.7 Å². The maximum atomic E-state index is 11.9. The number of aryl methyl sites for hydroxylation is 1. The molecule has 2 aromatic rings. The minimum atomic E-state index is -3.70. The van der Waals surface area contributed by atoms with Crippen LogP contribution in [0.5, 0.6) is 0 Å². The van der Waals surface area contributed by atoms with Gasteiger partial charge in [-0.2, -0.15) is 20.2 Å². The van der Waals surface area contributed by atoms with Crippen molar-refractivity contribution in [3.63, 3.8) is 0 Å². The number of nitrogen functional groups attached to an aromatic ring is 1. The second-order valence-electron chi connectivity index (χ2n) is 6.37. The largest absolute Gasteiger partial charge is 0.464 e. The van der Waals surface area contributed by atoms with Crippen LogP contribution in [0.1, 0.15) is 22.6 Å². The van der Waals surface area contributed by atoms with E-state index in [1.807, 2.05) is 26.2 Å². The van der Waals surface area contributed by atoms with Gasteiger partial charge in [-0.1, -0.05) is 6.07 Å². The molecule has 7 nitrogen and oxygen atoms in total. The topological polar surface area (TPSA) is 115 Å². The molecule has 0 amide bonds. The van der Waals surface area contributed by atoms with E-state index in [4.69, 9.17) is 15.9 Å². The van der Waals surface area contributed by atoms with Crippen LogP contribution in [0.4, 0.5) is 5.69 Å². The highest BCUT2D eigenvalue weighted by Gasteiger charge is 2.30. The summed E-state index contributed by atoms with van der Waals surface area (Å²) in [7, 11) is 0.302. The molecule has 0 spiro atoms. The fourth-order valence-electron chi connectivity index (χ4n) is 2.82. The van der Waals surface area contributed by atoms with E-state index in [1.54, 1.807) is 17.8 Å². The van der Waals surface area contributed by atoms with Gasteiger partial charge < -0.3 is 20.8 Å². The Balaban J connectivity index is 1.59. The van der Waals surface area contributed by atoms with E-state index < -0.39 is 10.0 Å². The molecule has 0 radical (unpaired) electrons. The fraction of sp³-hybridized carbons (Fsp3) is 0.353. The third-order valence-corrected chi connectivity index (χ3v) is 6.31. The van der Waals surface area contributed by atoms with E-state index >= 15 is 0 Å². The van der Waals surface area contributed by atoms with Crippen molar-refractivity contribution in [2.45, 2.75) is 23.6 Å². The van der Waals surface area contributed by atoms with Gasteiger partial charge >= 0.3 is 0 Å². The monoisotopic (exact) mass is 394 g/mol. The Morgan fingerprint density at radius 3 is 2.62 bits per heavy atom. The van der Waals surface area contributed by atoms with E-state index in [0.29, 0.717) is 17.7 Å². The van der Waals surface area contributed by atoms with Gasteiger partial charge in [0.1, 0.15) is 22.3 Å². The molecular weight excluding hydrogens is 372 g/mol. The number of anilines is 1. The molecule has 0 fully saturated rings. The Bertz CT molecular complexity index is 949. The Hall–Kier alpha value is -1.97. The summed E-state index contributed by atoms with van der Waals surface area (Å²) in [4.78, 5) is 2.15. The number of rotatable bonds is 7. The smallest absolute Gasteiger partial charge is 0.285 e. The predicted molar refractivity (Wildman–Crippen MR) is 105 cm³/mol. The average Bonchev–Trinajstić information content (AvgIpc) is 3.07. The first-order valence-corrected chi connectivity index (χ1v) is 10.7. The molecule has 9 heteroatoms. The first kappa shape index (κ1) is 18.8. The summed E-state index contributed by atoms with van der Waals surface area (Å²) in [6, 6.07) is 7.27. The second-order valence-corrected chi connectivity index (χ2v) is 9.05. The molecule has 1 aliphatic heterocycles. The van der Waals surface area contributed by atoms with Crippen LogP contribution in [0.15, 0.2) is 38.0 Å². The maximum absolute atomic E-state index is 11.9. The standard InChI is InChI=1S/C17H22N4O3S2/c1-21(2)9-12-4-5-13(24-12)10-25-8-7-11-3-6-14-15(16(11)18)17(19)20-26(14,22)23/h3-6H,7-10,18H2,1-2H3,(H2,19,20). The van der Waals surface area contributed by atoms with Gasteiger partial charge in [0.2, 0.25) is 0 Å². The summed E-state index contributed by atoms with van der Waals surface area (Å²) in [5.74, 6) is 3.46. The number of sulfonamides is 1. The third kappa shape index (κ3) is 3.89. The molecule has 1 aromatic carbocycles. The second kappa shape index (κ2) is 7.34. The Morgan fingerprint density at radius 2 is 1.88 bits per heavy atom. The minimum absolute atomic E-state index is 0.0315. The quantitative estimate of drug-likeness (QED) is 0.543. The number of hydrogen-bond acceptors (Lipinski definition) is 7. The number of fused-ring (bicyclic) bond motifs is 1. The Kier molecular flexibility index (Phi) is 5.31. The SMILES string of the molecule is CN(C)Cc1ccc(CSCCc2ccc3c(c2N)C(N)=NS3(=O)=O)o1. The van der Waals surface area contributed by atoms with Gasteiger partial charge in [0.05, 0.1) is 17.9 Å². The number of hydrogen-bond donors (Lipinski definition) is 2. The third-order valence-electron chi connectivity index (χ3n) is 4.00. The molecule has 140 valence electrons. The lowest BCUT2D eigenvalue weighted by molar-refractivity contribution is 0.344. The number of amidine groups is 1. The van der Waals surface area contributed by atoms with E-state index in [2.05, 4.69) is 9.30 Å². The van der Waals surface area contributed by atoms with Gasteiger partial charge in [-0.05, 0) is 50.0 Å². The molecule has 0 bridgehead atoms. The first-order valence-electron chi connectivity index (χ1n) is 8.10. The molecule has 1 aromatic heterocycles. The minimum Gasteiger partial charge on any atom is -0.464 e. The highest BCUT2D eigenvalue weighted by atomic mass is 32.2. The van der Waals surface area contributed by atoms with Gasteiger partial charge in [0.25, 0.3) is 10.0 Å². The zero-order valence-electron chi connectivity index (χ0n) is 14.7. The summed E-state index contributed by atoms with van der Waals surface area (Å²) in [6.45, 7) is 0.780. The van der Waals surface area contributed by atoms with Crippen molar-refractivity contribution in [2.75, 3.05) is 25.6 Å². The fourth-order valence-corrected chi connectivity index (χ4v) is 4.84. The summed E-state index contributed by atoms with van der Waals surface area (Å²) in [5.41, 5.74) is 13.5. The molecular formula is C17H22N4O3S2. The van der Waals surface area contributed by atoms with Crippen LogP contribution in [0.3, 0.4) is 0 Å². The van der Waals surface area contributed by atoms with Crippen molar-refractivity contribution < 1.29 is 12.8 Å². The lowest BCUT2D eigenvalue weighted by Gasteiger charge is -2.10. The predicted octanol–water partition coefficient (Wildman–Crippen LogP) is 1.81. The van der Waals surface area contributed by atoms with Crippen molar-refractivity contribution >= 4 is 33.3 Å². The van der Waals surface area contributed by atoms with E-state index in [-0.39, 0.29) is 10.7 Å². The van der Waals surface area contributed by atoms with Gasteiger partial charge in [-0.3, -0.25) is 0 Å². The van der Waals surface area contributed by atoms with Gasteiger partial charge in [-0.15, -0.1) is 4.40 Å². The molecule has 0 atom stereocenters. The molecule has 26 heavy (non-hydrogen) atoms. The molecule has 0 saturated carbocycles. The highest BCUT2D eigenvalue weighted by Crippen LogP contribution is 2.32.